The summed E-state index contributed by atoms with van der Waals surface area (Å²) >= 11 is 0. The van der Waals surface area contributed by atoms with Gasteiger partial charge in [0, 0.05) is 13.1 Å². The molecule has 0 aromatic carbocycles. The number of pyridine rings is 1. The molecule has 0 atom stereocenters. The van der Waals surface area contributed by atoms with E-state index in [0.29, 0.717) is 11.3 Å². The van der Waals surface area contributed by atoms with E-state index in [-0.39, 0.29) is 18.4 Å². The van der Waals surface area contributed by atoms with Crippen LogP contribution in [-0.4, -0.2) is 35.5 Å². The van der Waals surface area contributed by atoms with Crippen LogP contribution < -0.4 is 4.74 Å². The van der Waals surface area contributed by atoms with Crippen LogP contribution in [0, 0.1) is 11.3 Å². The van der Waals surface area contributed by atoms with Crippen molar-refractivity contribution in [2.75, 3.05) is 19.7 Å². The SMILES string of the molecule is N#Cc1c(OCC(=O)N2CCCC2)nc(-c2ccco2)c2c1CCC2. The second kappa shape index (κ2) is 6.60. The molecule has 6 heteroatoms. The van der Waals surface area contributed by atoms with Crippen molar-refractivity contribution >= 4 is 5.91 Å². The quantitative estimate of drug-likeness (QED) is 0.857. The molecule has 2 aliphatic rings. The number of carbonyl (C=O) groups is 1. The van der Waals surface area contributed by atoms with Gasteiger partial charge in [0.1, 0.15) is 17.3 Å². The van der Waals surface area contributed by atoms with Gasteiger partial charge in [-0.3, -0.25) is 4.79 Å². The van der Waals surface area contributed by atoms with E-state index < -0.39 is 0 Å². The number of hydrogen-bond acceptors (Lipinski definition) is 5. The first-order valence-electron chi connectivity index (χ1n) is 8.68. The average molecular weight is 337 g/mol. The Labute approximate surface area is 146 Å². The third kappa shape index (κ3) is 2.86. The van der Waals surface area contributed by atoms with Crippen molar-refractivity contribution in [3.8, 4) is 23.4 Å². The molecule has 128 valence electrons. The lowest BCUT2D eigenvalue weighted by Gasteiger charge is -2.17. The fraction of sp³-hybridized carbons (Fsp3) is 0.421. The normalized spacial score (nSPS) is 15.9. The van der Waals surface area contributed by atoms with Gasteiger partial charge in [0.05, 0.1) is 6.26 Å². The molecule has 4 rings (SSSR count). The molecule has 1 fully saturated rings. The summed E-state index contributed by atoms with van der Waals surface area (Å²) in [7, 11) is 0. The molecule has 25 heavy (non-hydrogen) atoms. The number of rotatable bonds is 4. The molecule has 1 aliphatic carbocycles. The fourth-order valence-corrected chi connectivity index (χ4v) is 3.66. The molecule has 1 saturated heterocycles. The molecule has 1 aliphatic heterocycles. The van der Waals surface area contributed by atoms with E-state index in [9.17, 15) is 10.1 Å². The molecule has 2 aromatic rings. The maximum absolute atomic E-state index is 12.2. The first-order chi connectivity index (χ1) is 12.3. The second-order valence-corrected chi connectivity index (χ2v) is 6.42. The highest BCUT2D eigenvalue weighted by Gasteiger charge is 2.27. The zero-order chi connectivity index (χ0) is 17.2. The predicted octanol–water partition coefficient (Wildman–Crippen LogP) is 2.70. The molecule has 0 N–H and O–H groups in total. The van der Waals surface area contributed by atoms with Crippen molar-refractivity contribution in [2.24, 2.45) is 0 Å². The number of fused-ring (bicyclic) bond motifs is 1. The summed E-state index contributed by atoms with van der Waals surface area (Å²) in [6.07, 6.45) is 6.36. The number of ether oxygens (including phenoxy) is 1. The van der Waals surface area contributed by atoms with Gasteiger partial charge in [-0.25, -0.2) is 4.98 Å². The van der Waals surface area contributed by atoms with Crippen molar-refractivity contribution in [2.45, 2.75) is 32.1 Å². The van der Waals surface area contributed by atoms with E-state index in [0.717, 1.165) is 62.0 Å². The molecule has 3 heterocycles. The molecular formula is C19H19N3O3. The maximum atomic E-state index is 12.2. The van der Waals surface area contributed by atoms with E-state index >= 15 is 0 Å². The minimum atomic E-state index is -0.0853. The summed E-state index contributed by atoms with van der Waals surface area (Å²) in [6, 6.07) is 5.89. The van der Waals surface area contributed by atoms with Crippen LogP contribution in [0.1, 0.15) is 36.0 Å². The Morgan fingerprint density at radius 2 is 2.08 bits per heavy atom. The largest absolute Gasteiger partial charge is 0.467 e. The first kappa shape index (κ1) is 15.7. The number of amides is 1. The van der Waals surface area contributed by atoms with Gasteiger partial charge in [0.25, 0.3) is 5.91 Å². The molecule has 0 bridgehead atoms. The fourth-order valence-electron chi connectivity index (χ4n) is 3.66. The van der Waals surface area contributed by atoms with Crippen LogP contribution in [-0.2, 0) is 17.6 Å². The molecule has 0 unspecified atom stereocenters. The van der Waals surface area contributed by atoms with Crippen molar-refractivity contribution < 1.29 is 13.9 Å². The summed E-state index contributed by atoms with van der Waals surface area (Å²) in [5.41, 5.74) is 3.22. The maximum Gasteiger partial charge on any atom is 0.260 e. The Bertz CT molecular complexity index is 831. The van der Waals surface area contributed by atoms with Crippen LogP contribution in [0.2, 0.25) is 0 Å². The van der Waals surface area contributed by atoms with E-state index in [4.69, 9.17) is 9.15 Å². The third-order valence-electron chi connectivity index (χ3n) is 4.89. The lowest BCUT2D eigenvalue weighted by atomic mass is 10.0. The first-order valence-corrected chi connectivity index (χ1v) is 8.68. The number of hydrogen-bond donors (Lipinski definition) is 0. The predicted molar refractivity (Wildman–Crippen MR) is 90.0 cm³/mol. The van der Waals surface area contributed by atoms with Gasteiger partial charge in [0.15, 0.2) is 12.4 Å². The van der Waals surface area contributed by atoms with Gasteiger partial charge in [-0.05, 0) is 55.4 Å². The third-order valence-corrected chi connectivity index (χ3v) is 4.89. The number of nitrogens with zero attached hydrogens (tertiary/aromatic N) is 3. The number of aromatic nitrogens is 1. The summed E-state index contributed by atoms with van der Waals surface area (Å²) in [4.78, 5) is 18.6. The highest BCUT2D eigenvalue weighted by Crippen LogP contribution is 2.37. The lowest BCUT2D eigenvalue weighted by Crippen LogP contribution is -2.32. The van der Waals surface area contributed by atoms with Gasteiger partial charge in [-0.2, -0.15) is 5.26 Å². The Morgan fingerprint density at radius 1 is 1.28 bits per heavy atom. The number of nitriles is 1. The summed E-state index contributed by atoms with van der Waals surface area (Å²) in [6.45, 7) is 1.48. The number of furan rings is 1. The zero-order valence-corrected chi connectivity index (χ0v) is 14.0. The van der Waals surface area contributed by atoms with Crippen LogP contribution in [0.25, 0.3) is 11.5 Å². The molecule has 6 nitrogen and oxygen atoms in total. The smallest absolute Gasteiger partial charge is 0.260 e. The number of likely N-dealkylation sites (tertiary alicyclic amines) is 1. The molecular weight excluding hydrogens is 318 g/mol. The van der Waals surface area contributed by atoms with Crippen LogP contribution >= 0.6 is 0 Å². The van der Waals surface area contributed by atoms with Crippen molar-refractivity contribution in [3.05, 3.63) is 35.1 Å². The minimum Gasteiger partial charge on any atom is -0.467 e. The second-order valence-electron chi connectivity index (χ2n) is 6.42. The van der Waals surface area contributed by atoms with Crippen LogP contribution in [0.3, 0.4) is 0 Å². The van der Waals surface area contributed by atoms with Gasteiger partial charge in [0.2, 0.25) is 5.88 Å². The van der Waals surface area contributed by atoms with Crippen molar-refractivity contribution in [3.63, 3.8) is 0 Å². The molecule has 0 spiro atoms. The Hall–Kier alpha value is -2.81. The Balaban J connectivity index is 1.66. The van der Waals surface area contributed by atoms with Gasteiger partial charge >= 0.3 is 0 Å². The Kier molecular flexibility index (Phi) is 4.14. The van der Waals surface area contributed by atoms with Crippen LogP contribution in [0.15, 0.2) is 22.8 Å². The van der Waals surface area contributed by atoms with Gasteiger partial charge in [-0.15, -0.1) is 0 Å². The van der Waals surface area contributed by atoms with Gasteiger partial charge in [-0.1, -0.05) is 0 Å². The average Bonchev–Trinajstić information content (AvgIpc) is 3.40. The van der Waals surface area contributed by atoms with E-state index in [1.54, 1.807) is 11.2 Å². The molecule has 0 radical (unpaired) electrons. The van der Waals surface area contributed by atoms with E-state index in [1.807, 2.05) is 12.1 Å². The van der Waals surface area contributed by atoms with E-state index in [1.165, 1.54) is 0 Å². The minimum absolute atomic E-state index is 0.0526. The van der Waals surface area contributed by atoms with Crippen molar-refractivity contribution in [1.82, 2.24) is 9.88 Å². The number of carbonyl (C=O) groups excluding carboxylic acids is 1. The van der Waals surface area contributed by atoms with Crippen LogP contribution in [0.4, 0.5) is 0 Å². The van der Waals surface area contributed by atoms with Crippen molar-refractivity contribution in [1.29, 1.82) is 5.26 Å². The molecule has 1 amide bonds. The highest BCUT2D eigenvalue weighted by molar-refractivity contribution is 5.78. The lowest BCUT2D eigenvalue weighted by molar-refractivity contribution is -0.132. The summed E-state index contributed by atoms with van der Waals surface area (Å²) < 4.78 is 11.2. The summed E-state index contributed by atoms with van der Waals surface area (Å²) in [5, 5.41) is 9.59. The zero-order valence-electron chi connectivity index (χ0n) is 14.0. The standard InChI is InChI=1S/C19H19N3O3/c20-11-15-13-5-3-6-14(13)18(16-7-4-10-24-16)21-19(15)25-12-17(23)22-8-1-2-9-22/h4,7,10H,1-3,5-6,8-9,12H2. The Morgan fingerprint density at radius 3 is 2.80 bits per heavy atom. The van der Waals surface area contributed by atoms with Gasteiger partial charge < -0.3 is 14.1 Å². The topological polar surface area (TPSA) is 79.4 Å². The van der Waals surface area contributed by atoms with E-state index in [2.05, 4.69) is 11.1 Å². The molecule has 0 saturated carbocycles. The summed E-state index contributed by atoms with van der Waals surface area (Å²) in [5.74, 6) is 0.851. The monoisotopic (exact) mass is 337 g/mol. The molecule has 2 aromatic heterocycles. The highest BCUT2D eigenvalue weighted by atomic mass is 16.5. The van der Waals surface area contributed by atoms with Crippen LogP contribution in [0.5, 0.6) is 5.88 Å².